The summed E-state index contributed by atoms with van der Waals surface area (Å²) < 4.78 is 10.7. The lowest BCUT2D eigenvalue weighted by molar-refractivity contribution is 0.102. The van der Waals surface area contributed by atoms with Gasteiger partial charge in [-0.1, -0.05) is 31.2 Å². The van der Waals surface area contributed by atoms with Crippen molar-refractivity contribution >= 4 is 17.3 Å². The first-order valence-electron chi connectivity index (χ1n) is 9.61. The Morgan fingerprint density at radius 3 is 2.83 bits per heavy atom. The van der Waals surface area contributed by atoms with E-state index in [4.69, 9.17) is 9.47 Å². The predicted molar refractivity (Wildman–Crippen MR) is 113 cm³/mol. The lowest BCUT2D eigenvalue weighted by Gasteiger charge is -2.13. The van der Waals surface area contributed by atoms with Crippen LogP contribution in [0.5, 0.6) is 11.5 Å². The molecule has 1 aromatic heterocycles. The molecule has 0 saturated carbocycles. The fraction of sp³-hybridized carbons (Fsp3) is 0.217. The molecule has 29 heavy (non-hydrogen) atoms. The van der Waals surface area contributed by atoms with Gasteiger partial charge in [0.25, 0.3) is 5.91 Å². The quantitative estimate of drug-likeness (QED) is 0.647. The van der Waals surface area contributed by atoms with E-state index in [2.05, 4.69) is 22.5 Å². The minimum atomic E-state index is -0.173. The smallest absolute Gasteiger partial charge is 0.257 e. The molecule has 0 saturated heterocycles. The second kappa shape index (κ2) is 8.22. The Morgan fingerprint density at radius 2 is 1.97 bits per heavy atom. The molecular weight excluding hydrogens is 366 g/mol. The van der Waals surface area contributed by atoms with Gasteiger partial charge in [0.05, 0.1) is 11.3 Å². The van der Waals surface area contributed by atoms with Crippen molar-refractivity contribution < 1.29 is 14.3 Å². The monoisotopic (exact) mass is 389 g/mol. The first kappa shape index (κ1) is 18.8. The summed E-state index contributed by atoms with van der Waals surface area (Å²) in [6.07, 6.45) is 4.13. The standard InChI is InChI=1S/C23H23N3O3/c1-3-17-6-4-5-15(2)22(17)26-23(27)18-10-19(13-24-12-18)25-11-16-7-8-20-21(9-16)29-14-28-20/h4-10,12-13,25H,3,11,14H2,1-2H3,(H,26,27). The van der Waals surface area contributed by atoms with E-state index in [9.17, 15) is 4.79 Å². The number of carbonyl (C=O) groups is 1. The van der Waals surface area contributed by atoms with Gasteiger partial charge in [-0.3, -0.25) is 9.78 Å². The van der Waals surface area contributed by atoms with Crippen LogP contribution in [0.3, 0.4) is 0 Å². The molecule has 4 rings (SSSR count). The number of hydrogen-bond acceptors (Lipinski definition) is 5. The van der Waals surface area contributed by atoms with E-state index in [0.29, 0.717) is 12.1 Å². The Morgan fingerprint density at radius 1 is 1.10 bits per heavy atom. The lowest BCUT2D eigenvalue weighted by atomic mass is 10.1. The summed E-state index contributed by atoms with van der Waals surface area (Å²) in [6, 6.07) is 13.7. The highest BCUT2D eigenvalue weighted by molar-refractivity contribution is 6.05. The molecule has 0 fully saturated rings. The van der Waals surface area contributed by atoms with Crippen LogP contribution in [0.4, 0.5) is 11.4 Å². The zero-order valence-corrected chi connectivity index (χ0v) is 16.5. The number of benzene rings is 2. The largest absolute Gasteiger partial charge is 0.454 e. The van der Waals surface area contributed by atoms with Crippen LogP contribution < -0.4 is 20.1 Å². The molecular formula is C23H23N3O3. The Labute approximate surface area is 169 Å². The molecule has 0 unspecified atom stereocenters. The molecule has 2 N–H and O–H groups in total. The maximum absolute atomic E-state index is 12.8. The molecule has 1 amide bonds. The van der Waals surface area contributed by atoms with E-state index in [-0.39, 0.29) is 12.7 Å². The van der Waals surface area contributed by atoms with Crippen molar-refractivity contribution in [2.24, 2.45) is 0 Å². The van der Waals surface area contributed by atoms with Crippen molar-refractivity contribution in [2.45, 2.75) is 26.8 Å². The van der Waals surface area contributed by atoms with Crippen molar-refractivity contribution in [3.63, 3.8) is 0 Å². The summed E-state index contributed by atoms with van der Waals surface area (Å²) in [6.45, 7) is 4.91. The van der Waals surface area contributed by atoms with Gasteiger partial charge in [-0.05, 0) is 48.2 Å². The highest BCUT2D eigenvalue weighted by Gasteiger charge is 2.14. The van der Waals surface area contributed by atoms with Crippen molar-refractivity contribution in [1.29, 1.82) is 0 Å². The summed E-state index contributed by atoms with van der Waals surface area (Å²) >= 11 is 0. The number of carbonyl (C=O) groups excluding carboxylic acids is 1. The highest BCUT2D eigenvalue weighted by Crippen LogP contribution is 2.32. The summed E-state index contributed by atoms with van der Waals surface area (Å²) in [5.41, 5.74) is 5.36. The van der Waals surface area contributed by atoms with Crippen molar-refractivity contribution in [3.05, 3.63) is 77.1 Å². The van der Waals surface area contributed by atoms with Crippen LogP contribution in [0.15, 0.2) is 54.9 Å². The first-order valence-corrected chi connectivity index (χ1v) is 9.61. The van der Waals surface area contributed by atoms with Crippen LogP contribution in [-0.2, 0) is 13.0 Å². The molecule has 3 aromatic rings. The third kappa shape index (κ3) is 4.16. The molecule has 6 nitrogen and oxygen atoms in total. The molecule has 0 radical (unpaired) electrons. The third-order valence-corrected chi connectivity index (χ3v) is 4.91. The van der Waals surface area contributed by atoms with E-state index in [1.165, 1.54) is 0 Å². The van der Waals surface area contributed by atoms with Crippen molar-refractivity contribution in [1.82, 2.24) is 4.98 Å². The maximum Gasteiger partial charge on any atom is 0.257 e. The lowest BCUT2D eigenvalue weighted by Crippen LogP contribution is -2.15. The van der Waals surface area contributed by atoms with Crippen LogP contribution in [0, 0.1) is 6.92 Å². The van der Waals surface area contributed by atoms with E-state index in [1.54, 1.807) is 18.5 Å². The van der Waals surface area contributed by atoms with Gasteiger partial charge in [0, 0.05) is 24.6 Å². The number of para-hydroxylation sites is 1. The average molecular weight is 389 g/mol. The Kier molecular flexibility index (Phi) is 5.33. The normalized spacial score (nSPS) is 11.9. The average Bonchev–Trinajstić information content (AvgIpc) is 3.21. The van der Waals surface area contributed by atoms with Gasteiger partial charge in [0.2, 0.25) is 6.79 Å². The van der Waals surface area contributed by atoms with Crippen LogP contribution in [0.25, 0.3) is 0 Å². The minimum Gasteiger partial charge on any atom is -0.454 e. The SMILES string of the molecule is CCc1cccc(C)c1NC(=O)c1cncc(NCc2ccc3c(c2)OCO3)c1. The number of nitrogens with zero attached hydrogens (tertiary/aromatic N) is 1. The summed E-state index contributed by atoms with van der Waals surface area (Å²) in [7, 11) is 0. The zero-order chi connectivity index (χ0) is 20.2. The number of pyridine rings is 1. The molecule has 2 heterocycles. The fourth-order valence-corrected chi connectivity index (χ4v) is 3.30. The van der Waals surface area contributed by atoms with E-state index in [0.717, 1.165) is 46.0 Å². The van der Waals surface area contributed by atoms with Gasteiger partial charge < -0.3 is 20.1 Å². The number of aromatic nitrogens is 1. The number of amides is 1. The predicted octanol–water partition coefficient (Wildman–Crippen LogP) is 4.55. The van der Waals surface area contributed by atoms with Gasteiger partial charge >= 0.3 is 0 Å². The van der Waals surface area contributed by atoms with Crippen LogP contribution >= 0.6 is 0 Å². The number of hydrogen-bond donors (Lipinski definition) is 2. The van der Waals surface area contributed by atoms with Gasteiger partial charge in [-0.25, -0.2) is 0 Å². The summed E-state index contributed by atoms with van der Waals surface area (Å²) in [5, 5.41) is 6.34. The second-order valence-corrected chi connectivity index (χ2v) is 6.92. The molecule has 1 aliphatic rings. The molecule has 0 atom stereocenters. The number of rotatable bonds is 6. The Balaban J connectivity index is 1.45. The van der Waals surface area contributed by atoms with Crippen LogP contribution in [-0.4, -0.2) is 17.7 Å². The molecule has 2 aromatic carbocycles. The van der Waals surface area contributed by atoms with Crippen LogP contribution in [0.1, 0.15) is 34.0 Å². The number of anilines is 2. The van der Waals surface area contributed by atoms with E-state index < -0.39 is 0 Å². The minimum absolute atomic E-state index is 0.173. The topological polar surface area (TPSA) is 72.5 Å². The Bertz CT molecular complexity index is 1050. The molecule has 1 aliphatic heterocycles. The van der Waals surface area contributed by atoms with Crippen LogP contribution in [0.2, 0.25) is 0 Å². The number of ether oxygens (including phenoxy) is 2. The van der Waals surface area contributed by atoms with Crippen molar-refractivity contribution in [2.75, 3.05) is 17.4 Å². The third-order valence-electron chi connectivity index (χ3n) is 4.91. The summed E-state index contributed by atoms with van der Waals surface area (Å²) in [5.74, 6) is 1.34. The van der Waals surface area contributed by atoms with Gasteiger partial charge in [-0.15, -0.1) is 0 Å². The second-order valence-electron chi connectivity index (χ2n) is 6.92. The highest BCUT2D eigenvalue weighted by atomic mass is 16.7. The molecule has 0 bridgehead atoms. The number of nitrogens with one attached hydrogen (secondary N) is 2. The molecule has 148 valence electrons. The summed E-state index contributed by atoms with van der Waals surface area (Å²) in [4.78, 5) is 17.0. The van der Waals surface area contributed by atoms with E-state index >= 15 is 0 Å². The van der Waals surface area contributed by atoms with Crippen molar-refractivity contribution in [3.8, 4) is 11.5 Å². The van der Waals surface area contributed by atoms with Gasteiger partial charge in [0.15, 0.2) is 11.5 Å². The molecule has 0 aliphatic carbocycles. The van der Waals surface area contributed by atoms with Gasteiger partial charge in [0.1, 0.15) is 0 Å². The molecule has 0 spiro atoms. The zero-order valence-electron chi connectivity index (χ0n) is 16.5. The first-order chi connectivity index (χ1) is 14.1. The van der Waals surface area contributed by atoms with Gasteiger partial charge in [-0.2, -0.15) is 0 Å². The number of aryl methyl sites for hydroxylation is 2. The number of fused-ring (bicyclic) bond motifs is 1. The maximum atomic E-state index is 12.8. The fourth-order valence-electron chi connectivity index (χ4n) is 3.30. The molecule has 6 heteroatoms. The Hall–Kier alpha value is -3.54. The van der Waals surface area contributed by atoms with E-state index in [1.807, 2.05) is 43.3 Å².